The van der Waals surface area contributed by atoms with Gasteiger partial charge in [0, 0.05) is 32.8 Å². The second kappa shape index (κ2) is 8.18. The van der Waals surface area contributed by atoms with Gasteiger partial charge in [-0.15, -0.1) is 0 Å². The molecule has 1 amide bonds. The predicted molar refractivity (Wildman–Crippen MR) is 94.7 cm³/mol. The van der Waals surface area contributed by atoms with E-state index in [4.69, 9.17) is 4.74 Å². The van der Waals surface area contributed by atoms with Gasteiger partial charge in [0.1, 0.15) is 6.10 Å². The first-order valence-electron chi connectivity index (χ1n) is 8.56. The van der Waals surface area contributed by atoms with Crippen molar-refractivity contribution in [1.29, 1.82) is 0 Å². The summed E-state index contributed by atoms with van der Waals surface area (Å²) in [6.45, 7) is 7.22. The van der Waals surface area contributed by atoms with Gasteiger partial charge in [0.15, 0.2) is 5.82 Å². The van der Waals surface area contributed by atoms with Crippen LogP contribution in [-0.2, 0) is 22.6 Å². The monoisotopic (exact) mass is 340 g/mol. The fraction of sp³-hybridized carbons (Fsp3) is 0.421. The van der Waals surface area contributed by atoms with Crippen molar-refractivity contribution in [1.82, 2.24) is 20.2 Å². The van der Waals surface area contributed by atoms with Crippen LogP contribution in [0.2, 0.25) is 0 Å². The first kappa shape index (κ1) is 17.5. The molecule has 1 aromatic carbocycles. The number of carbonyl (C=O) groups excluding carboxylic acids is 1. The second-order valence-corrected chi connectivity index (χ2v) is 6.40. The van der Waals surface area contributed by atoms with Gasteiger partial charge in [-0.1, -0.05) is 29.8 Å². The Morgan fingerprint density at radius 2 is 2.12 bits per heavy atom. The van der Waals surface area contributed by atoms with Crippen molar-refractivity contribution in [2.24, 2.45) is 0 Å². The molecule has 1 N–H and O–H groups in total. The standard InChI is InChI=1S/C19H24N4O2/c1-14-3-5-16(6-4-14)12-23-9-10-25-18(13-23)19-20-8-7-17(22-19)11-21-15(2)24/h3-8,18H,9-13H2,1-2H3,(H,21,24)/t18-/m0/s1. The molecule has 132 valence electrons. The third-order valence-corrected chi connectivity index (χ3v) is 4.22. The van der Waals surface area contributed by atoms with Gasteiger partial charge in [-0.3, -0.25) is 9.69 Å². The lowest BCUT2D eigenvalue weighted by molar-refractivity contribution is -0.119. The van der Waals surface area contributed by atoms with Gasteiger partial charge in [-0.2, -0.15) is 0 Å². The summed E-state index contributed by atoms with van der Waals surface area (Å²) in [6.07, 6.45) is 1.58. The number of amides is 1. The van der Waals surface area contributed by atoms with E-state index < -0.39 is 0 Å². The maximum Gasteiger partial charge on any atom is 0.217 e. The zero-order valence-electron chi connectivity index (χ0n) is 14.7. The summed E-state index contributed by atoms with van der Waals surface area (Å²) >= 11 is 0. The third-order valence-electron chi connectivity index (χ3n) is 4.22. The lowest BCUT2D eigenvalue weighted by Gasteiger charge is -2.32. The SMILES string of the molecule is CC(=O)NCc1ccnc([C@@H]2CN(Cc3ccc(C)cc3)CCO2)n1. The Labute approximate surface area is 148 Å². The van der Waals surface area contributed by atoms with Gasteiger partial charge in [-0.05, 0) is 18.6 Å². The number of aromatic nitrogens is 2. The van der Waals surface area contributed by atoms with E-state index in [1.807, 2.05) is 6.07 Å². The van der Waals surface area contributed by atoms with Crippen molar-refractivity contribution >= 4 is 5.91 Å². The molecule has 3 rings (SSSR count). The highest BCUT2D eigenvalue weighted by atomic mass is 16.5. The van der Waals surface area contributed by atoms with Gasteiger partial charge >= 0.3 is 0 Å². The van der Waals surface area contributed by atoms with Crippen molar-refractivity contribution in [3.63, 3.8) is 0 Å². The average Bonchev–Trinajstić information content (AvgIpc) is 2.62. The number of nitrogens with one attached hydrogen (secondary N) is 1. The lowest BCUT2D eigenvalue weighted by atomic mass is 10.1. The van der Waals surface area contributed by atoms with E-state index in [9.17, 15) is 4.79 Å². The number of hydrogen-bond donors (Lipinski definition) is 1. The van der Waals surface area contributed by atoms with Gasteiger partial charge in [-0.25, -0.2) is 9.97 Å². The summed E-state index contributed by atoms with van der Waals surface area (Å²) < 4.78 is 5.88. The number of morpholine rings is 1. The van der Waals surface area contributed by atoms with E-state index in [1.54, 1.807) is 6.20 Å². The molecule has 1 fully saturated rings. The highest BCUT2D eigenvalue weighted by Crippen LogP contribution is 2.20. The molecule has 1 aliphatic heterocycles. The molecule has 1 saturated heterocycles. The van der Waals surface area contributed by atoms with Crippen LogP contribution in [0.5, 0.6) is 0 Å². The molecular formula is C19H24N4O2. The molecule has 0 radical (unpaired) electrons. The Morgan fingerprint density at radius 3 is 2.88 bits per heavy atom. The smallest absolute Gasteiger partial charge is 0.217 e. The number of aryl methyl sites for hydroxylation is 1. The van der Waals surface area contributed by atoms with Crippen LogP contribution in [0, 0.1) is 6.92 Å². The van der Waals surface area contributed by atoms with Crippen LogP contribution >= 0.6 is 0 Å². The van der Waals surface area contributed by atoms with Gasteiger partial charge < -0.3 is 10.1 Å². The quantitative estimate of drug-likeness (QED) is 0.902. The summed E-state index contributed by atoms with van der Waals surface area (Å²) in [4.78, 5) is 22.3. The number of hydrogen-bond acceptors (Lipinski definition) is 5. The normalized spacial score (nSPS) is 18.1. The summed E-state index contributed by atoms with van der Waals surface area (Å²) in [7, 11) is 0. The molecule has 0 spiro atoms. The van der Waals surface area contributed by atoms with Crippen molar-refractivity contribution in [2.45, 2.75) is 33.0 Å². The number of benzene rings is 1. The average molecular weight is 340 g/mol. The lowest BCUT2D eigenvalue weighted by Crippen LogP contribution is -2.38. The predicted octanol–water partition coefficient (Wildman–Crippen LogP) is 1.99. The number of carbonyl (C=O) groups is 1. The largest absolute Gasteiger partial charge is 0.368 e. The van der Waals surface area contributed by atoms with E-state index in [1.165, 1.54) is 18.1 Å². The van der Waals surface area contributed by atoms with Crippen LogP contribution in [0.15, 0.2) is 36.5 Å². The van der Waals surface area contributed by atoms with E-state index in [-0.39, 0.29) is 12.0 Å². The van der Waals surface area contributed by atoms with Gasteiger partial charge in [0.25, 0.3) is 0 Å². The molecule has 0 saturated carbocycles. The molecule has 2 heterocycles. The van der Waals surface area contributed by atoms with E-state index in [0.29, 0.717) is 19.0 Å². The second-order valence-electron chi connectivity index (χ2n) is 6.40. The van der Waals surface area contributed by atoms with Crippen LogP contribution in [0.3, 0.4) is 0 Å². The van der Waals surface area contributed by atoms with E-state index in [2.05, 4.69) is 51.4 Å². The highest BCUT2D eigenvalue weighted by Gasteiger charge is 2.24. The van der Waals surface area contributed by atoms with Crippen LogP contribution < -0.4 is 5.32 Å². The fourth-order valence-electron chi connectivity index (χ4n) is 2.84. The minimum absolute atomic E-state index is 0.0710. The summed E-state index contributed by atoms with van der Waals surface area (Å²) in [5, 5.41) is 2.76. The Morgan fingerprint density at radius 1 is 1.32 bits per heavy atom. The zero-order chi connectivity index (χ0) is 17.6. The first-order valence-corrected chi connectivity index (χ1v) is 8.56. The molecule has 2 aromatic rings. The molecule has 0 unspecified atom stereocenters. The minimum atomic E-state index is -0.142. The minimum Gasteiger partial charge on any atom is -0.368 e. The zero-order valence-corrected chi connectivity index (χ0v) is 14.7. The van der Waals surface area contributed by atoms with Crippen LogP contribution in [-0.4, -0.2) is 40.5 Å². The van der Waals surface area contributed by atoms with Crippen molar-refractivity contribution in [3.8, 4) is 0 Å². The molecule has 0 bridgehead atoms. The van der Waals surface area contributed by atoms with Crippen LogP contribution in [0.1, 0.15) is 35.7 Å². The van der Waals surface area contributed by atoms with Gasteiger partial charge in [0.2, 0.25) is 5.91 Å². The third kappa shape index (κ3) is 5.08. The van der Waals surface area contributed by atoms with Crippen molar-refractivity contribution < 1.29 is 9.53 Å². The summed E-state index contributed by atoms with van der Waals surface area (Å²) in [6, 6.07) is 10.4. The molecule has 6 heteroatoms. The van der Waals surface area contributed by atoms with Crippen LogP contribution in [0.4, 0.5) is 0 Å². The number of nitrogens with zero attached hydrogens (tertiary/aromatic N) is 3. The Balaban J connectivity index is 1.63. The molecule has 25 heavy (non-hydrogen) atoms. The number of ether oxygens (including phenoxy) is 1. The maximum absolute atomic E-state index is 11.1. The first-order chi connectivity index (χ1) is 12.1. The Hall–Kier alpha value is -2.31. The van der Waals surface area contributed by atoms with Crippen molar-refractivity contribution in [3.05, 3.63) is 59.2 Å². The maximum atomic E-state index is 11.1. The van der Waals surface area contributed by atoms with Gasteiger partial charge in [0.05, 0.1) is 18.8 Å². The molecule has 0 aliphatic carbocycles. The molecule has 1 aromatic heterocycles. The molecule has 1 aliphatic rings. The molecule has 6 nitrogen and oxygen atoms in total. The Kier molecular flexibility index (Phi) is 5.73. The van der Waals surface area contributed by atoms with E-state index >= 15 is 0 Å². The molecule has 1 atom stereocenters. The van der Waals surface area contributed by atoms with Crippen LogP contribution in [0.25, 0.3) is 0 Å². The molecular weight excluding hydrogens is 316 g/mol. The summed E-state index contributed by atoms with van der Waals surface area (Å²) in [5.74, 6) is 0.606. The Bertz CT molecular complexity index is 718. The fourth-order valence-corrected chi connectivity index (χ4v) is 2.84. The highest BCUT2D eigenvalue weighted by molar-refractivity contribution is 5.72. The van der Waals surface area contributed by atoms with E-state index in [0.717, 1.165) is 25.3 Å². The summed E-state index contributed by atoms with van der Waals surface area (Å²) in [5.41, 5.74) is 3.36. The topological polar surface area (TPSA) is 67.4 Å². The van der Waals surface area contributed by atoms with Crippen molar-refractivity contribution in [2.75, 3.05) is 19.7 Å². The number of rotatable bonds is 5.